The number of aromatic nitrogens is 2. The molecular weight excluding hydrogens is 252 g/mol. The largest absolute Gasteiger partial charge is 0.368 e. The van der Waals surface area contributed by atoms with Crippen molar-refractivity contribution in [3.05, 3.63) is 16.5 Å². The molecule has 1 aromatic rings. The van der Waals surface area contributed by atoms with Crippen LogP contribution in [0.1, 0.15) is 25.2 Å². The van der Waals surface area contributed by atoms with Crippen LogP contribution in [0.5, 0.6) is 0 Å². The van der Waals surface area contributed by atoms with Crippen LogP contribution in [0.4, 0.5) is 5.82 Å². The zero-order valence-electron chi connectivity index (χ0n) is 11.2. The van der Waals surface area contributed by atoms with Crippen molar-refractivity contribution in [1.29, 1.82) is 0 Å². The van der Waals surface area contributed by atoms with Crippen LogP contribution in [0.2, 0.25) is 5.15 Å². The van der Waals surface area contributed by atoms with Crippen LogP contribution in [0.3, 0.4) is 0 Å². The van der Waals surface area contributed by atoms with Gasteiger partial charge in [-0.2, -0.15) is 0 Å². The summed E-state index contributed by atoms with van der Waals surface area (Å²) in [4.78, 5) is 21.5. The zero-order chi connectivity index (χ0) is 13.9. The van der Waals surface area contributed by atoms with Gasteiger partial charge in [-0.05, 0) is 19.8 Å². The first kappa shape index (κ1) is 14.7. The number of primary amides is 1. The maximum atomic E-state index is 11.1. The zero-order valence-corrected chi connectivity index (χ0v) is 12.0. The monoisotopic (exact) mass is 270 g/mol. The van der Waals surface area contributed by atoms with E-state index < -0.39 is 5.91 Å². The maximum Gasteiger partial charge on any atom is 0.237 e. The second-order valence-corrected chi connectivity index (χ2v) is 5.11. The molecule has 0 aliphatic rings. The van der Waals surface area contributed by atoms with E-state index in [1.165, 1.54) is 0 Å². The van der Waals surface area contributed by atoms with Crippen LogP contribution in [0.15, 0.2) is 0 Å². The molecule has 0 aliphatic heterocycles. The minimum Gasteiger partial charge on any atom is -0.368 e. The molecule has 0 bridgehead atoms. The van der Waals surface area contributed by atoms with Gasteiger partial charge in [-0.25, -0.2) is 9.97 Å². The Labute approximate surface area is 112 Å². The first-order valence-electron chi connectivity index (χ1n) is 5.85. The Bertz CT molecular complexity index is 448. The predicted molar refractivity (Wildman–Crippen MR) is 72.8 cm³/mol. The van der Waals surface area contributed by atoms with Gasteiger partial charge < -0.3 is 10.6 Å². The molecule has 1 rings (SSSR count). The van der Waals surface area contributed by atoms with E-state index in [-0.39, 0.29) is 6.54 Å². The first-order chi connectivity index (χ1) is 8.31. The van der Waals surface area contributed by atoms with E-state index in [0.29, 0.717) is 23.4 Å². The van der Waals surface area contributed by atoms with Gasteiger partial charge in [-0.15, -0.1) is 0 Å². The van der Waals surface area contributed by atoms with Gasteiger partial charge in [0, 0.05) is 6.54 Å². The molecular formula is C12H19ClN4O. The van der Waals surface area contributed by atoms with Gasteiger partial charge in [-0.1, -0.05) is 25.4 Å². The molecule has 0 aromatic carbocycles. The smallest absolute Gasteiger partial charge is 0.237 e. The van der Waals surface area contributed by atoms with Gasteiger partial charge >= 0.3 is 0 Å². The van der Waals surface area contributed by atoms with E-state index in [1.54, 1.807) is 4.90 Å². The van der Waals surface area contributed by atoms with Crippen LogP contribution in [-0.2, 0) is 4.79 Å². The van der Waals surface area contributed by atoms with E-state index >= 15 is 0 Å². The molecule has 1 heterocycles. The Hall–Kier alpha value is -1.36. The Morgan fingerprint density at radius 1 is 1.33 bits per heavy atom. The predicted octanol–water partition coefficient (Wildman–Crippen LogP) is 1.69. The van der Waals surface area contributed by atoms with Gasteiger partial charge in [0.05, 0.1) is 17.9 Å². The standard InChI is InChI=1S/C12H19ClN4O/c1-7(2)5-17(6-10(14)18)12-11(13)15-8(3)9(4)16-12/h7H,5-6H2,1-4H3,(H2,14,18). The van der Waals surface area contributed by atoms with E-state index in [9.17, 15) is 4.79 Å². The van der Waals surface area contributed by atoms with Gasteiger partial charge in [0.1, 0.15) is 0 Å². The van der Waals surface area contributed by atoms with Crippen molar-refractivity contribution in [3.63, 3.8) is 0 Å². The number of carbonyl (C=O) groups is 1. The third-order valence-electron chi connectivity index (χ3n) is 2.48. The summed E-state index contributed by atoms with van der Waals surface area (Å²) in [7, 11) is 0. The summed E-state index contributed by atoms with van der Waals surface area (Å²) in [6, 6.07) is 0. The van der Waals surface area contributed by atoms with Crippen LogP contribution in [0.25, 0.3) is 0 Å². The normalized spacial score (nSPS) is 10.8. The van der Waals surface area contributed by atoms with Gasteiger partial charge in [0.2, 0.25) is 5.91 Å². The van der Waals surface area contributed by atoms with E-state index in [1.807, 2.05) is 13.8 Å². The summed E-state index contributed by atoms with van der Waals surface area (Å²) < 4.78 is 0. The van der Waals surface area contributed by atoms with Crippen LogP contribution in [-0.4, -0.2) is 29.0 Å². The lowest BCUT2D eigenvalue weighted by molar-refractivity contribution is -0.116. The fourth-order valence-corrected chi connectivity index (χ4v) is 1.91. The molecule has 1 aromatic heterocycles. The SMILES string of the molecule is Cc1nc(Cl)c(N(CC(N)=O)CC(C)C)nc1C. The molecule has 1 amide bonds. The molecule has 100 valence electrons. The summed E-state index contributed by atoms with van der Waals surface area (Å²) in [6.45, 7) is 8.56. The van der Waals surface area contributed by atoms with Crippen LogP contribution < -0.4 is 10.6 Å². The molecule has 0 radical (unpaired) electrons. The number of rotatable bonds is 5. The second-order valence-electron chi connectivity index (χ2n) is 4.75. The number of aryl methyl sites for hydroxylation is 2. The third-order valence-corrected chi connectivity index (χ3v) is 2.73. The molecule has 0 spiro atoms. The average molecular weight is 271 g/mol. The van der Waals surface area contributed by atoms with E-state index in [4.69, 9.17) is 17.3 Å². The van der Waals surface area contributed by atoms with Crippen molar-refractivity contribution >= 4 is 23.3 Å². The fourth-order valence-electron chi connectivity index (χ4n) is 1.62. The molecule has 0 saturated carbocycles. The van der Waals surface area contributed by atoms with Crippen molar-refractivity contribution in [1.82, 2.24) is 9.97 Å². The Morgan fingerprint density at radius 2 is 1.89 bits per heavy atom. The summed E-state index contributed by atoms with van der Waals surface area (Å²) in [5.74, 6) is 0.475. The number of amides is 1. The van der Waals surface area contributed by atoms with Crippen molar-refractivity contribution < 1.29 is 4.79 Å². The molecule has 5 nitrogen and oxygen atoms in total. The lowest BCUT2D eigenvalue weighted by Gasteiger charge is -2.25. The van der Waals surface area contributed by atoms with Crippen molar-refractivity contribution in [3.8, 4) is 0 Å². The Balaban J connectivity index is 3.11. The number of hydrogen-bond donors (Lipinski definition) is 1. The molecule has 0 fully saturated rings. The van der Waals surface area contributed by atoms with E-state index in [2.05, 4.69) is 23.8 Å². The topological polar surface area (TPSA) is 72.1 Å². The van der Waals surface area contributed by atoms with Crippen molar-refractivity contribution in [2.24, 2.45) is 11.7 Å². The molecule has 0 aliphatic carbocycles. The second kappa shape index (κ2) is 6.00. The highest BCUT2D eigenvalue weighted by Crippen LogP contribution is 2.23. The minimum atomic E-state index is -0.410. The van der Waals surface area contributed by atoms with Gasteiger partial charge in [-0.3, -0.25) is 4.79 Å². The summed E-state index contributed by atoms with van der Waals surface area (Å²) in [6.07, 6.45) is 0. The highest BCUT2D eigenvalue weighted by atomic mass is 35.5. The fraction of sp³-hybridized carbons (Fsp3) is 0.583. The number of hydrogen-bond acceptors (Lipinski definition) is 4. The number of nitrogens with zero attached hydrogens (tertiary/aromatic N) is 3. The molecule has 18 heavy (non-hydrogen) atoms. The molecule has 0 unspecified atom stereocenters. The quantitative estimate of drug-likeness (QED) is 0.884. The number of halogens is 1. The summed E-state index contributed by atoms with van der Waals surface area (Å²) in [5.41, 5.74) is 6.84. The minimum absolute atomic E-state index is 0.0923. The highest BCUT2D eigenvalue weighted by molar-refractivity contribution is 6.31. The average Bonchev–Trinajstić information content (AvgIpc) is 2.21. The summed E-state index contributed by atoms with van der Waals surface area (Å²) >= 11 is 6.10. The Kier molecular flexibility index (Phi) is 4.90. The molecule has 0 saturated heterocycles. The molecule has 2 N–H and O–H groups in total. The van der Waals surface area contributed by atoms with Gasteiger partial charge in [0.25, 0.3) is 0 Å². The number of nitrogens with two attached hydrogens (primary N) is 1. The van der Waals surface area contributed by atoms with E-state index in [0.717, 1.165) is 11.4 Å². The third kappa shape index (κ3) is 3.84. The molecule has 6 heteroatoms. The lowest BCUT2D eigenvalue weighted by Crippen LogP contribution is -2.37. The highest BCUT2D eigenvalue weighted by Gasteiger charge is 2.17. The van der Waals surface area contributed by atoms with Crippen molar-refractivity contribution in [2.75, 3.05) is 18.0 Å². The van der Waals surface area contributed by atoms with Crippen LogP contribution >= 0.6 is 11.6 Å². The molecule has 0 atom stereocenters. The van der Waals surface area contributed by atoms with Crippen molar-refractivity contribution in [2.45, 2.75) is 27.7 Å². The lowest BCUT2D eigenvalue weighted by atomic mass is 10.2. The Morgan fingerprint density at radius 3 is 2.39 bits per heavy atom. The number of anilines is 1. The number of carbonyl (C=O) groups excluding carboxylic acids is 1. The maximum absolute atomic E-state index is 11.1. The van der Waals surface area contributed by atoms with Gasteiger partial charge in [0.15, 0.2) is 11.0 Å². The van der Waals surface area contributed by atoms with Crippen LogP contribution in [0, 0.1) is 19.8 Å². The first-order valence-corrected chi connectivity index (χ1v) is 6.23. The summed E-state index contributed by atoms with van der Waals surface area (Å²) in [5, 5.41) is 0.306.